The van der Waals surface area contributed by atoms with E-state index in [1.807, 2.05) is 12.1 Å². The number of aryl methyl sites for hydroxylation is 1. The van der Waals surface area contributed by atoms with Crippen LogP contribution in [0.3, 0.4) is 0 Å². The van der Waals surface area contributed by atoms with Crippen LogP contribution in [0.25, 0.3) is 0 Å². The van der Waals surface area contributed by atoms with Crippen molar-refractivity contribution >= 4 is 27.5 Å². The standard InChI is InChI=1S/C16H17BrN2O/c1-10(2)15-5-4-14(6-11(15)3)19-16(20)12-7-13(17)9-18-8-12/h4-10H,1-3H3,(H,19,20). The van der Waals surface area contributed by atoms with Gasteiger partial charge < -0.3 is 5.32 Å². The summed E-state index contributed by atoms with van der Waals surface area (Å²) in [7, 11) is 0. The second-order valence-corrected chi connectivity index (χ2v) is 5.99. The van der Waals surface area contributed by atoms with Crippen molar-refractivity contribution in [1.29, 1.82) is 0 Å². The molecule has 4 heteroatoms. The number of anilines is 1. The van der Waals surface area contributed by atoms with Crippen LogP contribution >= 0.6 is 15.9 Å². The Labute approximate surface area is 127 Å². The van der Waals surface area contributed by atoms with Gasteiger partial charge in [0.2, 0.25) is 0 Å². The molecule has 0 aliphatic rings. The van der Waals surface area contributed by atoms with Crippen LogP contribution in [0.1, 0.15) is 41.3 Å². The number of aromatic nitrogens is 1. The molecule has 1 N–H and O–H groups in total. The zero-order valence-corrected chi connectivity index (χ0v) is 13.4. The third-order valence-electron chi connectivity index (χ3n) is 3.12. The first kappa shape index (κ1) is 14.7. The summed E-state index contributed by atoms with van der Waals surface area (Å²) in [6.07, 6.45) is 3.20. The molecule has 0 unspecified atom stereocenters. The van der Waals surface area contributed by atoms with Crippen molar-refractivity contribution in [3.63, 3.8) is 0 Å². The molecule has 20 heavy (non-hydrogen) atoms. The Morgan fingerprint density at radius 3 is 2.60 bits per heavy atom. The third-order valence-corrected chi connectivity index (χ3v) is 3.55. The zero-order chi connectivity index (χ0) is 14.7. The van der Waals surface area contributed by atoms with Crippen molar-refractivity contribution in [3.05, 3.63) is 57.8 Å². The molecule has 0 atom stereocenters. The number of hydrogen-bond acceptors (Lipinski definition) is 2. The number of halogens is 1. The van der Waals surface area contributed by atoms with Crippen LogP contribution in [0.4, 0.5) is 5.69 Å². The smallest absolute Gasteiger partial charge is 0.257 e. The van der Waals surface area contributed by atoms with Crippen LogP contribution in [0.15, 0.2) is 41.1 Å². The summed E-state index contributed by atoms with van der Waals surface area (Å²) in [5.41, 5.74) is 3.82. The van der Waals surface area contributed by atoms with Gasteiger partial charge in [0.15, 0.2) is 0 Å². The van der Waals surface area contributed by atoms with Gasteiger partial charge in [0.05, 0.1) is 5.56 Å². The fraction of sp³-hybridized carbons (Fsp3) is 0.250. The van der Waals surface area contributed by atoms with Crippen molar-refractivity contribution in [2.75, 3.05) is 5.32 Å². The van der Waals surface area contributed by atoms with E-state index in [1.165, 1.54) is 11.1 Å². The number of rotatable bonds is 3. The fourth-order valence-corrected chi connectivity index (χ4v) is 2.51. The minimum Gasteiger partial charge on any atom is -0.322 e. The lowest BCUT2D eigenvalue weighted by Gasteiger charge is -2.12. The van der Waals surface area contributed by atoms with Crippen LogP contribution in [0, 0.1) is 6.92 Å². The molecule has 1 heterocycles. The Kier molecular flexibility index (Phi) is 4.55. The van der Waals surface area contributed by atoms with Gasteiger partial charge in [-0.2, -0.15) is 0 Å². The average molecular weight is 333 g/mol. The maximum absolute atomic E-state index is 12.1. The average Bonchev–Trinajstić information content (AvgIpc) is 2.38. The summed E-state index contributed by atoms with van der Waals surface area (Å²) >= 11 is 3.31. The molecule has 0 saturated heterocycles. The van der Waals surface area contributed by atoms with Crippen molar-refractivity contribution < 1.29 is 4.79 Å². The minimum absolute atomic E-state index is 0.157. The molecule has 2 rings (SSSR count). The molecule has 3 nitrogen and oxygen atoms in total. The van der Waals surface area contributed by atoms with E-state index in [0.29, 0.717) is 11.5 Å². The zero-order valence-electron chi connectivity index (χ0n) is 11.8. The second kappa shape index (κ2) is 6.18. The maximum atomic E-state index is 12.1. The van der Waals surface area contributed by atoms with Crippen molar-refractivity contribution in [2.45, 2.75) is 26.7 Å². The number of carbonyl (C=O) groups is 1. The highest BCUT2D eigenvalue weighted by atomic mass is 79.9. The van der Waals surface area contributed by atoms with Crippen LogP contribution < -0.4 is 5.32 Å². The van der Waals surface area contributed by atoms with Crippen LogP contribution in [0.5, 0.6) is 0 Å². The molecule has 0 radical (unpaired) electrons. The van der Waals surface area contributed by atoms with E-state index < -0.39 is 0 Å². The molecule has 1 aromatic carbocycles. The van der Waals surface area contributed by atoms with Crippen molar-refractivity contribution in [3.8, 4) is 0 Å². The first-order valence-corrected chi connectivity index (χ1v) is 7.29. The summed E-state index contributed by atoms with van der Waals surface area (Å²) in [5.74, 6) is 0.324. The van der Waals surface area contributed by atoms with Gasteiger partial charge in [-0.25, -0.2) is 0 Å². The monoisotopic (exact) mass is 332 g/mol. The number of pyridine rings is 1. The molecule has 1 aromatic heterocycles. The van der Waals surface area contributed by atoms with Gasteiger partial charge in [0.25, 0.3) is 5.91 Å². The van der Waals surface area contributed by atoms with E-state index in [0.717, 1.165) is 10.2 Å². The molecule has 0 aliphatic heterocycles. The SMILES string of the molecule is Cc1cc(NC(=O)c2cncc(Br)c2)ccc1C(C)C. The molecule has 2 aromatic rings. The summed E-state index contributed by atoms with van der Waals surface area (Å²) in [4.78, 5) is 16.1. The first-order valence-electron chi connectivity index (χ1n) is 6.50. The fourth-order valence-electron chi connectivity index (χ4n) is 2.14. The quantitative estimate of drug-likeness (QED) is 0.897. The summed E-state index contributed by atoms with van der Waals surface area (Å²) in [5, 5.41) is 2.89. The van der Waals surface area contributed by atoms with Gasteiger partial charge in [-0.05, 0) is 58.1 Å². The number of benzene rings is 1. The summed E-state index contributed by atoms with van der Waals surface area (Å²) < 4.78 is 0.788. The Morgan fingerprint density at radius 1 is 1.25 bits per heavy atom. The highest BCUT2D eigenvalue weighted by Crippen LogP contribution is 2.22. The Bertz CT molecular complexity index is 638. The molecule has 104 valence electrons. The lowest BCUT2D eigenvalue weighted by atomic mass is 9.97. The van der Waals surface area contributed by atoms with Crippen molar-refractivity contribution in [1.82, 2.24) is 4.98 Å². The second-order valence-electron chi connectivity index (χ2n) is 5.07. The van der Waals surface area contributed by atoms with E-state index in [4.69, 9.17) is 0 Å². The largest absolute Gasteiger partial charge is 0.322 e. The lowest BCUT2D eigenvalue weighted by Crippen LogP contribution is -2.12. The van der Waals surface area contributed by atoms with Gasteiger partial charge >= 0.3 is 0 Å². The predicted octanol–water partition coefficient (Wildman–Crippen LogP) is 4.53. The van der Waals surface area contributed by atoms with Crippen molar-refractivity contribution in [2.24, 2.45) is 0 Å². The highest BCUT2D eigenvalue weighted by molar-refractivity contribution is 9.10. The molecule has 0 bridgehead atoms. The highest BCUT2D eigenvalue weighted by Gasteiger charge is 2.09. The van der Waals surface area contributed by atoms with Gasteiger partial charge in [-0.1, -0.05) is 19.9 Å². The maximum Gasteiger partial charge on any atom is 0.257 e. The topological polar surface area (TPSA) is 42.0 Å². The molecule has 0 saturated carbocycles. The number of nitrogens with one attached hydrogen (secondary N) is 1. The van der Waals surface area contributed by atoms with E-state index in [9.17, 15) is 4.79 Å². The van der Waals surface area contributed by atoms with Gasteiger partial charge in [-0.15, -0.1) is 0 Å². The number of nitrogens with zero attached hydrogens (tertiary/aromatic N) is 1. The summed E-state index contributed by atoms with van der Waals surface area (Å²) in [6, 6.07) is 7.75. The minimum atomic E-state index is -0.157. The normalized spacial score (nSPS) is 10.7. The predicted molar refractivity (Wildman–Crippen MR) is 85.2 cm³/mol. The van der Waals surface area contributed by atoms with E-state index in [1.54, 1.807) is 18.5 Å². The van der Waals surface area contributed by atoms with Crippen LogP contribution in [-0.2, 0) is 0 Å². The Balaban J connectivity index is 2.18. The Hall–Kier alpha value is -1.68. The van der Waals surface area contributed by atoms with Crippen LogP contribution in [0.2, 0.25) is 0 Å². The molecule has 0 spiro atoms. The number of hydrogen-bond donors (Lipinski definition) is 1. The number of amides is 1. The molecular weight excluding hydrogens is 316 g/mol. The number of carbonyl (C=O) groups excluding carboxylic acids is 1. The van der Waals surface area contributed by atoms with Crippen LogP contribution in [-0.4, -0.2) is 10.9 Å². The van der Waals surface area contributed by atoms with E-state index >= 15 is 0 Å². The lowest BCUT2D eigenvalue weighted by molar-refractivity contribution is 0.102. The van der Waals surface area contributed by atoms with Gasteiger partial charge in [0.1, 0.15) is 0 Å². The molecule has 0 fully saturated rings. The third kappa shape index (κ3) is 3.45. The molecule has 1 amide bonds. The van der Waals surface area contributed by atoms with E-state index in [2.05, 4.69) is 53.1 Å². The van der Waals surface area contributed by atoms with Gasteiger partial charge in [0, 0.05) is 22.6 Å². The molecule has 0 aliphatic carbocycles. The van der Waals surface area contributed by atoms with E-state index in [-0.39, 0.29) is 5.91 Å². The summed E-state index contributed by atoms with van der Waals surface area (Å²) in [6.45, 7) is 6.38. The Morgan fingerprint density at radius 2 is 2.00 bits per heavy atom. The first-order chi connectivity index (χ1) is 9.47. The molecular formula is C16H17BrN2O. The van der Waals surface area contributed by atoms with Gasteiger partial charge in [-0.3, -0.25) is 9.78 Å².